The van der Waals surface area contributed by atoms with Crippen molar-refractivity contribution in [3.05, 3.63) is 30.3 Å². The molecule has 0 bridgehead atoms. The topological polar surface area (TPSA) is 117 Å². The lowest BCUT2D eigenvalue weighted by molar-refractivity contribution is 0.212. The SMILES string of the molecule is CSc1nc(-c2cc3ccccc3o2)c2c(N)c(OC(N)=O)sc2n1. The van der Waals surface area contributed by atoms with Crippen LogP contribution in [0.2, 0.25) is 0 Å². The van der Waals surface area contributed by atoms with Gasteiger partial charge in [-0.05, 0) is 18.4 Å². The summed E-state index contributed by atoms with van der Waals surface area (Å²) in [7, 11) is 0. The molecule has 3 heterocycles. The second kappa shape index (κ2) is 5.94. The largest absolute Gasteiger partial charge is 0.454 e. The van der Waals surface area contributed by atoms with Gasteiger partial charge in [0.1, 0.15) is 16.1 Å². The van der Waals surface area contributed by atoms with Crippen molar-refractivity contribution >= 4 is 56.1 Å². The van der Waals surface area contributed by atoms with Gasteiger partial charge in [-0.25, -0.2) is 14.8 Å². The van der Waals surface area contributed by atoms with Crippen LogP contribution >= 0.6 is 23.1 Å². The van der Waals surface area contributed by atoms with Gasteiger partial charge in [-0.15, -0.1) is 0 Å². The highest BCUT2D eigenvalue weighted by atomic mass is 32.2. The summed E-state index contributed by atoms with van der Waals surface area (Å²) in [6.45, 7) is 0. The molecule has 0 aliphatic rings. The highest BCUT2D eigenvalue weighted by Crippen LogP contribution is 2.44. The predicted octanol–water partition coefficient (Wildman–Crippen LogP) is 3.87. The van der Waals surface area contributed by atoms with E-state index in [1.807, 2.05) is 36.6 Å². The number of furan rings is 1. The molecule has 25 heavy (non-hydrogen) atoms. The van der Waals surface area contributed by atoms with Gasteiger partial charge in [0, 0.05) is 5.39 Å². The standard InChI is InChI=1S/C16H12N4O3S2/c1-24-16-19-12(9-6-7-4-2-3-5-8(7)22-9)10-11(17)14(23-15(18)21)25-13(10)20-16/h2-6H,17H2,1H3,(H2,18,21). The Bertz CT molecular complexity index is 1090. The van der Waals surface area contributed by atoms with Crippen LogP contribution in [0, 0.1) is 0 Å². The number of nitrogens with zero attached hydrogens (tertiary/aromatic N) is 2. The van der Waals surface area contributed by atoms with E-state index in [9.17, 15) is 4.79 Å². The number of thiophene rings is 1. The number of hydrogen-bond acceptors (Lipinski definition) is 8. The maximum atomic E-state index is 11.1. The molecule has 0 spiro atoms. The number of ether oxygens (including phenoxy) is 1. The van der Waals surface area contributed by atoms with E-state index in [2.05, 4.69) is 9.97 Å². The Morgan fingerprint density at radius 1 is 1.32 bits per heavy atom. The maximum Gasteiger partial charge on any atom is 0.410 e. The summed E-state index contributed by atoms with van der Waals surface area (Å²) in [6.07, 6.45) is 0.947. The minimum atomic E-state index is -0.929. The number of carbonyl (C=O) groups is 1. The Morgan fingerprint density at radius 3 is 2.84 bits per heavy atom. The molecule has 0 unspecified atom stereocenters. The van der Waals surface area contributed by atoms with E-state index in [1.165, 1.54) is 11.8 Å². The predicted molar refractivity (Wildman–Crippen MR) is 99.0 cm³/mol. The van der Waals surface area contributed by atoms with Crippen LogP contribution in [0.25, 0.3) is 32.6 Å². The first kappa shape index (κ1) is 15.7. The fourth-order valence-electron chi connectivity index (χ4n) is 2.52. The quantitative estimate of drug-likeness (QED) is 0.414. The average Bonchev–Trinajstić information content (AvgIpc) is 3.15. The minimum Gasteiger partial charge on any atom is -0.454 e. The van der Waals surface area contributed by atoms with E-state index in [-0.39, 0.29) is 10.8 Å². The number of anilines is 1. The van der Waals surface area contributed by atoms with Crippen LogP contribution in [-0.4, -0.2) is 22.3 Å². The number of para-hydroxylation sites is 1. The summed E-state index contributed by atoms with van der Waals surface area (Å²) in [6, 6.07) is 9.56. The van der Waals surface area contributed by atoms with Gasteiger partial charge < -0.3 is 20.6 Å². The summed E-state index contributed by atoms with van der Waals surface area (Å²) in [5.74, 6) is 0.569. The first-order valence-corrected chi connectivity index (χ1v) is 9.21. The number of benzene rings is 1. The second-order valence-corrected chi connectivity index (χ2v) is 6.85. The molecule has 0 atom stereocenters. The number of aromatic nitrogens is 2. The molecule has 0 aliphatic carbocycles. The lowest BCUT2D eigenvalue weighted by Crippen LogP contribution is -2.16. The van der Waals surface area contributed by atoms with Crippen LogP contribution in [-0.2, 0) is 0 Å². The van der Waals surface area contributed by atoms with Crippen LogP contribution in [0.1, 0.15) is 0 Å². The minimum absolute atomic E-state index is 0.201. The average molecular weight is 372 g/mol. The van der Waals surface area contributed by atoms with Gasteiger partial charge in [-0.1, -0.05) is 41.3 Å². The third kappa shape index (κ3) is 2.67. The normalized spacial score (nSPS) is 11.2. The van der Waals surface area contributed by atoms with Crippen molar-refractivity contribution in [1.82, 2.24) is 9.97 Å². The molecule has 3 aromatic heterocycles. The van der Waals surface area contributed by atoms with Crippen LogP contribution in [0.3, 0.4) is 0 Å². The second-order valence-electron chi connectivity index (χ2n) is 5.11. The van der Waals surface area contributed by atoms with E-state index in [0.717, 1.165) is 22.3 Å². The Hall–Kier alpha value is -2.78. The first-order chi connectivity index (χ1) is 12.1. The van der Waals surface area contributed by atoms with Crippen molar-refractivity contribution < 1.29 is 13.9 Å². The number of hydrogen-bond donors (Lipinski definition) is 2. The Balaban J connectivity index is 2.00. The number of fused-ring (bicyclic) bond motifs is 2. The fourth-order valence-corrected chi connectivity index (χ4v) is 3.89. The number of nitrogens with two attached hydrogens (primary N) is 2. The van der Waals surface area contributed by atoms with E-state index >= 15 is 0 Å². The van der Waals surface area contributed by atoms with Crippen molar-refractivity contribution in [2.24, 2.45) is 5.73 Å². The monoisotopic (exact) mass is 372 g/mol. The third-order valence-electron chi connectivity index (χ3n) is 3.57. The smallest absolute Gasteiger partial charge is 0.410 e. The van der Waals surface area contributed by atoms with Crippen molar-refractivity contribution in [2.75, 3.05) is 12.0 Å². The molecule has 0 aliphatic heterocycles. The highest BCUT2D eigenvalue weighted by Gasteiger charge is 2.22. The maximum absolute atomic E-state index is 11.1. The summed E-state index contributed by atoms with van der Waals surface area (Å²) in [4.78, 5) is 20.7. The fraction of sp³-hybridized carbons (Fsp3) is 0.0625. The number of rotatable bonds is 3. The van der Waals surface area contributed by atoms with Crippen LogP contribution in [0.5, 0.6) is 5.06 Å². The van der Waals surface area contributed by atoms with Crippen molar-refractivity contribution in [3.8, 4) is 16.5 Å². The lowest BCUT2D eigenvalue weighted by atomic mass is 10.2. The number of amides is 1. The molecule has 0 saturated heterocycles. The first-order valence-electron chi connectivity index (χ1n) is 7.17. The zero-order chi connectivity index (χ0) is 17.6. The van der Waals surface area contributed by atoms with Gasteiger partial charge in [0.25, 0.3) is 0 Å². The molecule has 4 rings (SSSR count). The van der Waals surface area contributed by atoms with E-state index in [4.69, 9.17) is 20.6 Å². The number of primary amides is 1. The van der Waals surface area contributed by atoms with Gasteiger partial charge in [0.05, 0.1) is 11.1 Å². The van der Waals surface area contributed by atoms with E-state index < -0.39 is 6.09 Å². The summed E-state index contributed by atoms with van der Waals surface area (Å²) in [5, 5.41) is 2.30. The summed E-state index contributed by atoms with van der Waals surface area (Å²) in [5.41, 5.74) is 12.8. The van der Waals surface area contributed by atoms with Crippen LogP contribution in [0.4, 0.5) is 10.5 Å². The van der Waals surface area contributed by atoms with Crippen molar-refractivity contribution in [2.45, 2.75) is 5.16 Å². The molecule has 0 radical (unpaired) electrons. The van der Waals surface area contributed by atoms with Crippen LogP contribution in [0.15, 0.2) is 39.9 Å². The molecular weight excluding hydrogens is 360 g/mol. The van der Waals surface area contributed by atoms with Crippen molar-refractivity contribution in [1.29, 1.82) is 0 Å². The van der Waals surface area contributed by atoms with E-state index in [1.54, 1.807) is 0 Å². The molecule has 4 N–H and O–H groups in total. The zero-order valence-electron chi connectivity index (χ0n) is 13.0. The Morgan fingerprint density at radius 2 is 2.12 bits per heavy atom. The summed E-state index contributed by atoms with van der Waals surface area (Å²) < 4.78 is 10.9. The Labute approximate surface area is 150 Å². The van der Waals surface area contributed by atoms with Gasteiger partial charge >= 0.3 is 6.09 Å². The van der Waals surface area contributed by atoms with E-state index in [0.29, 0.717) is 26.8 Å². The molecule has 7 nitrogen and oxygen atoms in total. The molecule has 4 aromatic rings. The molecule has 0 fully saturated rings. The van der Waals surface area contributed by atoms with Gasteiger partial charge in [0.2, 0.25) is 5.06 Å². The van der Waals surface area contributed by atoms with Gasteiger partial charge in [-0.2, -0.15) is 0 Å². The van der Waals surface area contributed by atoms with Gasteiger partial charge in [0.15, 0.2) is 10.9 Å². The molecule has 0 saturated carbocycles. The molecular formula is C16H12N4O3S2. The zero-order valence-corrected chi connectivity index (χ0v) is 14.6. The van der Waals surface area contributed by atoms with Gasteiger partial charge in [-0.3, -0.25) is 0 Å². The van der Waals surface area contributed by atoms with Crippen molar-refractivity contribution in [3.63, 3.8) is 0 Å². The third-order valence-corrected chi connectivity index (χ3v) is 5.09. The Kier molecular flexibility index (Phi) is 3.74. The van der Waals surface area contributed by atoms with Crippen LogP contribution < -0.4 is 16.2 Å². The number of nitrogen functional groups attached to an aromatic ring is 1. The number of carbonyl (C=O) groups excluding carboxylic acids is 1. The molecule has 1 amide bonds. The number of thioether (sulfide) groups is 1. The summed E-state index contributed by atoms with van der Waals surface area (Å²) >= 11 is 2.54. The lowest BCUT2D eigenvalue weighted by Gasteiger charge is -2.03. The molecule has 9 heteroatoms. The highest BCUT2D eigenvalue weighted by molar-refractivity contribution is 7.98. The molecule has 126 valence electrons. The molecule has 1 aromatic carbocycles.